The van der Waals surface area contributed by atoms with E-state index < -0.39 is 0 Å². The minimum Gasteiger partial charge on any atom is -0.317 e. The van der Waals surface area contributed by atoms with Crippen LogP contribution in [0.1, 0.15) is 29.1 Å². The second-order valence-electron chi connectivity index (χ2n) is 5.87. The first-order chi connectivity index (χ1) is 10.1. The van der Waals surface area contributed by atoms with E-state index >= 15 is 0 Å². The van der Waals surface area contributed by atoms with Crippen molar-refractivity contribution in [1.82, 2.24) is 20.2 Å². The molecule has 1 saturated heterocycles. The van der Waals surface area contributed by atoms with E-state index in [1.807, 2.05) is 13.8 Å². The number of fused-ring (bicyclic) bond motifs is 1. The van der Waals surface area contributed by atoms with E-state index in [9.17, 15) is 4.79 Å². The fourth-order valence-corrected chi connectivity index (χ4v) is 4.04. The Balaban J connectivity index is 1.85. The Hall–Kier alpha value is -1.24. The molecule has 3 rings (SSSR count). The molecule has 0 aliphatic carbocycles. The van der Waals surface area contributed by atoms with Gasteiger partial charge in [0.05, 0.1) is 11.9 Å². The van der Waals surface area contributed by atoms with Gasteiger partial charge in [-0.25, -0.2) is 4.98 Å². The third-order valence-electron chi connectivity index (χ3n) is 4.42. The van der Waals surface area contributed by atoms with Crippen LogP contribution < -0.4 is 10.9 Å². The van der Waals surface area contributed by atoms with Crippen molar-refractivity contribution in [1.29, 1.82) is 0 Å². The molecule has 0 bridgehead atoms. The highest BCUT2D eigenvalue weighted by Crippen LogP contribution is 2.25. The number of piperidine rings is 1. The van der Waals surface area contributed by atoms with Gasteiger partial charge in [-0.3, -0.25) is 9.69 Å². The minimum atomic E-state index is -0.00411. The van der Waals surface area contributed by atoms with Crippen molar-refractivity contribution in [2.45, 2.75) is 39.3 Å². The number of H-pyrrole nitrogens is 1. The summed E-state index contributed by atoms with van der Waals surface area (Å²) in [4.78, 5) is 24.2. The molecule has 0 amide bonds. The van der Waals surface area contributed by atoms with E-state index in [-0.39, 0.29) is 5.56 Å². The van der Waals surface area contributed by atoms with Crippen LogP contribution in [0, 0.1) is 13.8 Å². The fraction of sp³-hybridized carbons (Fsp3) is 0.600. The van der Waals surface area contributed by atoms with Crippen LogP contribution in [0.4, 0.5) is 0 Å². The van der Waals surface area contributed by atoms with Gasteiger partial charge in [-0.05, 0) is 52.4 Å². The van der Waals surface area contributed by atoms with Crippen molar-refractivity contribution < 1.29 is 0 Å². The van der Waals surface area contributed by atoms with Gasteiger partial charge in [-0.1, -0.05) is 0 Å². The van der Waals surface area contributed by atoms with Crippen molar-refractivity contribution in [3.05, 3.63) is 26.6 Å². The third-order valence-corrected chi connectivity index (χ3v) is 5.52. The smallest absolute Gasteiger partial charge is 0.259 e. The maximum absolute atomic E-state index is 12.3. The van der Waals surface area contributed by atoms with Crippen LogP contribution in [-0.4, -0.2) is 41.0 Å². The van der Waals surface area contributed by atoms with Gasteiger partial charge in [0.25, 0.3) is 5.56 Å². The van der Waals surface area contributed by atoms with Crippen molar-refractivity contribution in [2.24, 2.45) is 0 Å². The van der Waals surface area contributed by atoms with Gasteiger partial charge in [-0.2, -0.15) is 0 Å². The highest BCUT2D eigenvalue weighted by molar-refractivity contribution is 7.18. The van der Waals surface area contributed by atoms with Gasteiger partial charge in [0.2, 0.25) is 0 Å². The SMILES string of the molecule is Cc1sc2nc(CN(C)C3CCNCC3)[nH]c(=O)c2c1C. The zero-order valence-corrected chi connectivity index (χ0v) is 13.6. The topological polar surface area (TPSA) is 61.0 Å². The highest BCUT2D eigenvalue weighted by atomic mass is 32.1. The molecule has 0 aromatic carbocycles. The van der Waals surface area contributed by atoms with Crippen LogP contribution in [-0.2, 0) is 6.54 Å². The molecule has 2 aromatic heterocycles. The number of aryl methyl sites for hydroxylation is 2. The molecule has 0 radical (unpaired) electrons. The summed E-state index contributed by atoms with van der Waals surface area (Å²) < 4.78 is 0. The van der Waals surface area contributed by atoms with Crippen molar-refractivity contribution in [3.8, 4) is 0 Å². The monoisotopic (exact) mass is 306 g/mol. The number of aromatic nitrogens is 2. The van der Waals surface area contributed by atoms with E-state index in [0.29, 0.717) is 12.6 Å². The maximum Gasteiger partial charge on any atom is 0.259 e. The van der Waals surface area contributed by atoms with Gasteiger partial charge in [0.15, 0.2) is 0 Å². The lowest BCUT2D eigenvalue weighted by Gasteiger charge is -2.31. The fourth-order valence-electron chi connectivity index (χ4n) is 2.99. The number of aromatic amines is 1. The second kappa shape index (κ2) is 5.87. The molecule has 1 aliphatic rings. The lowest BCUT2D eigenvalue weighted by atomic mass is 10.1. The average molecular weight is 306 g/mol. The standard InChI is InChI=1S/C15H22N4OS/c1-9-10(2)21-15-13(9)14(20)17-12(18-15)8-19(3)11-4-6-16-7-5-11/h11,16H,4-8H2,1-3H3,(H,17,18,20). The summed E-state index contributed by atoms with van der Waals surface area (Å²) in [6, 6.07) is 0.569. The van der Waals surface area contributed by atoms with Gasteiger partial charge in [-0.15, -0.1) is 11.3 Å². The summed E-state index contributed by atoms with van der Waals surface area (Å²) in [5.74, 6) is 0.773. The van der Waals surface area contributed by atoms with Crippen LogP contribution >= 0.6 is 11.3 Å². The number of thiophene rings is 1. The van der Waals surface area contributed by atoms with Crippen LogP contribution in [0.5, 0.6) is 0 Å². The van der Waals surface area contributed by atoms with E-state index in [4.69, 9.17) is 0 Å². The first-order valence-electron chi connectivity index (χ1n) is 7.46. The molecule has 0 atom stereocenters. The van der Waals surface area contributed by atoms with E-state index in [2.05, 4.69) is 27.2 Å². The quantitative estimate of drug-likeness (QED) is 0.907. The number of nitrogens with zero attached hydrogens (tertiary/aromatic N) is 2. The van der Waals surface area contributed by atoms with E-state index in [1.165, 1.54) is 4.88 Å². The van der Waals surface area contributed by atoms with Gasteiger partial charge < -0.3 is 10.3 Å². The summed E-state index contributed by atoms with van der Waals surface area (Å²) in [5.41, 5.74) is 1.05. The van der Waals surface area contributed by atoms with Crippen molar-refractivity contribution in [2.75, 3.05) is 20.1 Å². The predicted octanol–water partition coefficient (Wildman–Crippen LogP) is 1.79. The molecule has 1 aliphatic heterocycles. The molecule has 0 saturated carbocycles. The molecule has 2 aromatic rings. The summed E-state index contributed by atoms with van der Waals surface area (Å²) in [6.07, 6.45) is 2.31. The Bertz CT molecular complexity index is 699. The maximum atomic E-state index is 12.3. The summed E-state index contributed by atoms with van der Waals surface area (Å²) >= 11 is 1.61. The largest absolute Gasteiger partial charge is 0.317 e. The van der Waals surface area contributed by atoms with E-state index in [1.54, 1.807) is 11.3 Å². The van der Waals surface area contributed by atoms with Crippen LogP contribution in [0.2, 0.25) is 0 Å². The Morgan fingerprint density at radius 2 is 2.05 bits per heavy atom. The second-order valence-corrected chi connectivity index (χ2v) is 7.08. The van der Waals surface area contributed by atoms with Gasteiger partial charge >= 0.3 is 0 Å². The van der Waals surface area contributed by atoms with Crippen LogP contribution in [0.25, 0.3) is 10.2 Å². The van der Waals surface area contributed by atoms with Crippen LogP contribution in [0.3, 0.4) is 0 Å². The zero-order chi connectivity index (χ0) is 15.0. The Labute approximate surface area is 128 Å². The highest BCUT2D eigenvalue weighted by Gasteiger charge is 2.19. The third kappa shape index (κ3) is 2.88. The number of nitrogens with one attached hydrogen (secondary N) is 2. The molecule has 0 unspecified atom stereocenters. The van der Waals surface area contributed by atoms with Gasteiger partial charge in [0.1, 0.15) is 10.7 Å². The Morgan fingerprint density at radius 1 is 1.33 bits per heavy atom. The van der Waals surface area contributed by atoms with Gasteiger partial charge in [0, 0.05) is 10.9 Å². The molecule has 21 heavy (non-hydrogen) atoms. The van der Waals surface area contributed by atoms with Crippen molar-refractivity contribution in [3.63, 3.8) is 0 Å². The minimum absolute atomic E-state index is 0.00411. The predicted molar refractivity (Wildman–Crippen MR) is 87.1 cm³/mol. The molecular formula is C15H22N4OS. The Kier molecular flexibility index (Phi) is 4.10. The summed E-state index contributed by atoms with van der Waals surface area (Å²) in [7, 11) is 2.12. The lowest BCUT2D eigenvalue weighted by Crippen LogP contribution is -2.41. The summed E-state index contributed by atoms with van der Waals surface area (Å²) in [6.45, 7) is 6.88. The molecule has 114 valence electrons. The molecule has 6 heteroatoms. The molecule has 0 spiro atoms. The molecule has 1 fully saturated rings. The number of hydrogen-bond acceptors (Lipinski definition) is 5. The molecular weight excluding hydrogens is 284 g/mol. The first kappa shape index (κ1) is 14.7. The lowest BCUT2D eigenvalue weighted by molar-refractivity contribution is 0.188. The molecule has 3 heterocycles. The Morgan fingerprint density at radius 3 is 2.76 bits per heavy atom. The first-order valence-corrected chi connectivity index (χ1v) is 8.27. The number of hydrogen-bond donors (Lipinski definition) is 2. The van der Waals surface area contributed by atoms with E-state index in [0.717, 1.165) is 47.5 Å². The van der Waals surface area contributed by atoms with Crippen molar-refractivity contribution >= 4 is 21.6 Å². The zero-order valence-electron chi connectivity index (χ0n) is 12.8. The summed E-state index contributed by atoms with van der Waals surface area (Å²) in [5, 5.41) is 4.13. The molecule has 2 N–H and O–H groups in total. The normalized spacial score (nSPS) is 17.0. The van der Waals surface area contributed by atoms with Crippen LogP contribution in [0.15, 0.2) is 4.79 Å². The number of rotatable bonds is 3. The average Bonchev–Trinajstić information content (AvgIpc) is 2.75. The molecule has 5 nitrogen and oxygen atoms in total.